The van der Waals surface area contributed by atoms with Crippen LogP contribution >= 0.6 is 0 Å². The van der Waals surface area contributed by atoms with Crippen molar-refractivity contribution in [2.75, 3.05) is 43.2 Å². The van der Waals surface area contributed by atoms with Gasteiger partial charge >= 0.3 is 5.69 Å². The number of anilines is 2. The summed E-state index contributed by atoms with van der Waals surface area (Å²) in [5, 5.41) is 13.7. The summed E-state index contributed by atoms with van der Waals surface area (Å²) >= 11 is 0. The zero-order chi connectivity index (χ0) is 27.6. The van der Waals surface area contributed by atoms with Gasteiger partial charge in [0.15, 0.2) is 0 Å². The summed E-state index contributed by atoms with van der Waals surface area (Å²) in [5.41, 5.74) is -0.0973. The van der Waals surface area contributed by atoms with Crippen LogP contribution in [0.2, 0.25) is 0 Å². The number of aromatic amines is 1. The number of aliphatic hydroxyl groups is 1. The van der Waals surface area contributed by atoms with Crippen LogP contribution in [-0.4, -0.2) is 54.1 Å². The van der Waals surface area contributed by atoms with Gasteiger partial charge in [-0.05, 0) is 25.8 Å². The summed E-state index contributed by atoms with van der Waals surface area (Å²) < 4.78 is 1.54. The Kier molecular flexibility index (Phi) is 16.5. The van der Waals surface area contributed by atoms with E-state index in [0.29, 0.717) is 18.9 Å². The minimum atomic E-state index is -0.365. The average Bonchev–Trinajstić information content (AvgIpc) is 3.23. The van der Waals surface area contributed by atoms with Crippen LogP contribution in [0.4, 0.5) is 11.5 Å². The second kappa shape index (κ2) is 19.3. The second-order valence-electron chi connectivity index (χ2n) is 11.4. The summed E-state index contributed by atoms with van der Waals surface area (Å²) in [4.78, 5) is 30.6. The summed E-state index contributed by atoms with van der Waals surface area (Å²) in [5.74, 6) is 0.723. The van der Waals surface area contributed by atoms with Crippen LogP contribution < -0.4 is 26.4 Å². The van der Waals surface area contributed by atoms with Gasteiger partial charge in [-0.2, -0.15) is 0 Å². The molecule has 0 saturated heterocycles. The number of fused-ring (bicyclic) bond motifs is 1. The molecule has 0 saturated carbocycles. The van der Waals surface area contributed by atoms with Gasteiger partial charge in [-0.15, -0.1) is 0 Å². The Labute approximate surface area is 231 Å². The number of nitrogens with zero attached hydrogens (tertiary/aromatic N) is 3. The largest absolute Gasteiger partial charge is 0.392 e. The lowest BCUT2D eigenvalue weighted by atomic mass is 10.1. The van der Waals surface area contributed by atoms with E-state index < -0.39 is 0 Å². The van der Waals surface area contributed by atoms with Gasteiger partial charge in [0.2, 0.25) is 0 Å². The van der Waals surface area contributed by atoms with Gasteiger partial charge in [0.05, 0.1) is 12.8 Å². The quantitative estimate of drug-likeness (QED) is 0.165. The van der Waals surface area contributed by atoms with E-state index >= 15 is 0 Å². The first-order valence-corrected chi connectivity index (χ1v) is 15.6. The van der Waals surface area contributed by atoms with E-state index in [1.807, 2.05) is 11.9 Å². The van der Waals surface area contributed by atoms with E-state index in [1.54, 1.807) is 7.05 Å². The number of aromatic nitrogens is 2. The van der Waals surface area contributed by atoms with E-state index in [4.69, 9.17) is 0 Å². The minimum absolute atomic E-state index is 0.247. The molecule has 1 aromatic heterocycles. The SMILES string of the molecule is CCCCCCCCCCCCCCNCC(O)CCCCCCCN1CN(C)c2c1n(C)c(=O)[nH]c2=O. The molecule has 2 heterocycles. The third kappa shape index (κ3) is 11.9. The maximum atomic E-state index is 12.2. The lowest BCUT2D eigenvalue weighted by Crippen LogP contribution is -2.32. The smallest absolute Gasteiger partial charge is 0.329 e. The number of aliphatic hydroxyl groups excluding tert-OH is 1. The molecule has 1 aliphatic rings. The Morgan fingerprint density at radius 2 is 1.37 bits per heavy atom. The molecule has 0 aliphatic carbocycles. The number of unbranched alkanes of at least 4 members (excludes halogenated alkanes) is 15. The van der Waals surface area contributed by atoms with Crippen molar-refractivity contribution in [3.05, 3.63) is 20.8 Å². The van der Waals surface area contributed by atoms with Gasteiger partial charge in [-0.3, -0.25) is 14.3 Å². The predicted octanol–water partition coefficient (Wildman–Crippen LogP) is 5.28. The molecule has 0 fully saturated rings. The molecular formula is C30H57N5O3. The molecule has 220 valence electrons. The normalized spacial score (nSPS) is 13.9. The summed E-state index contributed by atoms with van der Waals surface area (Å²) in [6.07, 6.45) is 22.5. The number of hydrogen-bond acceptors (Lipinski definition) is 6. The molecule has 38 heavy (non-hydrogen) atoms. The van der Waals surface area contributed by atoms with Crippen LogP contribution in [0.1, 0.15) is 122 Å². The molecule has 1 unspecified atom stereocenters. The highest BCUT2D eigenvalue weighted by Gasteiger charge is 2.28. The van der Waals surface area contributed by atoms with E-state index in [0.717, 1.165) is 57.4 Å². The molecule has 8 nitrogen and oxygen atoms in total. The van der Waals surface area contributed by atoms with Crippen LogP contribution in [0.15, 0.2) is 9.59 Å². The molecular weight excluding hydrogens is 478 g/mol. The van der Waals surface area contributed by atoms with Gasteiger partial charge in [-0.1, -0.05) is 103 Å². The maximum absolute atomic E-state index is 12.2. The third-order valence-electron chi connectivity index (χ3n) is 7.89. The Balaban J connectivity index is 1.39. The monoisotopic (exact) mass is 535 g/mol. The van der Waals surface area contributed by atoms with Crippen molar-refractivity contribution in [2.24, 2.45) is 7.05 Å². The van der Waals surface area contributed by atoms with Crippen LogP contribution in [0.3, 0.4) is 0 Å². The molecule has 0 spiro atoms. The number of H-pyrrole nitrogens is 1. The summed E-state index contributed by atoms with van der Waals surface area (Å²) in [6, 6.07) is 0. The lowest BCUT2D eigenvalue weighted by molar-refractivity contribution is 0.158. The molecule has 1 atom stereocenters. The number of rotatable bonds is 23. The topological polar surface area (TPSA) is 93.6 Å². The first-order valence-electron chi connectivity index (χ1n) is 15.6. The van der Waals surface area contributed by atoms with Crippen molar-refractivity contribution in [1.29, 1.82) is 0 Å². The van der Waals surface area contributed by atoms with E-state index in [1.165, 1.54) is 81.6 Å². The molecule has 3 N–H and O–H groups in total. The summed E-state index contributed by atoms with van der Waals surface area (Å²) in [7, 11) is 3.60. The molecule has 1 aromatic rings. The first-order chi connectivity index (χ1) is 18.5. The van der Waals surface area contributed by atoms with Crippen molar-refractivity contribution in [3.63, 3.8) is 0 Å². The lowest BCUT2D eigenvalue weighted by Gasteiger charge is -2.20. The number of hydrogen-bond donors (Lipinski definition) is 3. The standard InChI is InChI=1S/C30H57N5O3/c1-4-5-6-7-8-9-10-11-12-13-16-19-22-31-24-26(36)21-18-15-14-17-20-23-35-25-33(2)27-28(37)32-30(38)34(3)29(27)35/h26,31,36H,4-25H2,1-3H3,(H,32,37,38). The Morgan fingerprint density at radius 1 is 0.816 bits per heavy atom. The molecule has 2 rings (SSSR count). The van der Waals surface area contributed by atoms with Gasteiger partial charge in [0, 0.05) is 27.2 Å². The van der Waals surface area contributed by atoms with Crippen molar-refractivity contribution in [2.45, 2.75) is 129 Å². The highest BCUT2D eigenvalue weighted by Crippen LogP contribution is 2.29. The maximum Gasteiger partial charge on any atom is 0.329 e. The van der Waals surface area contributed by atoms with Crippen molar-refractivity contribution >= 4 is 11.5 Å². The molecule has 0 bridgehead atoms. The second-order valence-corrected chi connectivity index (χ2v) is 11.4. The Bertz CT molecular complexity index is 868. The fourth-order valence-electron chi connectivity index (χ4n) is 5.55. The molecule has 0 amide bonds. The first kappa shape index (κ1) is 32.4. The third-order valence-corrected chi connectivity index (χ3v) is 7.89. The Hall–Kier alpha value is -1.80. The molecule has 1 aliphatic heterocycles. The van der Waals surface area contributed by atoms with Crippen LogP contribution in [0, 0.1) is 0 Å². The van der Waals surface area contributed by atoms with Crippen molar-refractivity contribution in [1.82, 2.24) is 14.9 Å². The van der Waals surface area contributed by atoms with Gasteiger partial charge < -0.3 is 20.2 Å². The predicted molar refractivity (Wildman–Crippen MR) is 161 cm³/mol. The van der Waals surface area contributed by atoms with E-state index in [-0.39, 0.29) is 17.4 Å². The zero-order valence-corrected chi connectivity index (χ0v) is 24.7. The molecule has 8 heteroatoms. The molecule has 0 aromatic carbocycles. The van der Waals surface area contributed by atoms with Gasteiger partial charge in [0.25, 0.3) is 5.56 Å². The Morgan fingerprint density at radius 3 is 2.00 bits per heavy atom. The summed E-state index contributed by atoms with van der Waals surface area (Å²) in [6.45, 7) is 5.46. The van der Waals surface area contributed by atoms with Gasteiger partial charge in [0.1, 0.15) is 11.5 Å². The van der Waals surface area contributed by atoms with Gasteiger partial charge in [-0.25, -0.2) is 4.79 Å². The minimum Gasteiger partial charge on any atom is -0.392 e. The van der Waals surface area contributed by atoms with Crippen LogP contribution in [0.25, 0.3) is 0 Å². The van der Waals surface area contributed by atoms with Crippen LogP contribution in [0.5, 0.6) is 0 Å². The van der Waals surface area contributed by atoms with E-state index in [2.05, 4.69) is 22.1 Å². The highest BCUT2D eigenvalue weighted by molar-refractivity contribution is 5.71. The van der Waals surface area contributed by atoms with Crippen molar-refractivity contribution in [3.8, 4) is 0 Å². The zero-order valence-electron chi connectivity index (χ0n) is 24.7. The van der Waals surface area contributed by atoms with Crippen LogP contribution in [-0.2, 0) is 7.05 Å². The molecule has 0 radical (unpaired) electrons. The average molecular weight is 536 g/mol. The van der Waals surface area contributed by atoms with E-state index in [9.17, 15) is 14.7 Å². The number of nitrogens with one attached hydrogen (secondary N) is 2. The fourth-order valence-corrected chi connectivity index (χ4v) is 5.55. The van der Waals surface area contributed by atoms with Crippen molar-refractivity contribution < 1.29 is 5.11 Å². The highest BCUT2D eigenvalue weighted by atomic mass is 16.3. The fraction of sp³-hybridized carbons (Fsp3) is 0.867.